The molecule has 1 aromatic heterocycles. The van der Waals surface area contributed by atoms with E-state index in [-0.39, 0.29) is 5.91 Å². The monoisotopic (exact) mass is 351 g/mol. The number of hydrogen-bond acceptors (Lipinski definition) is 6. The van der Waals surface area contributed by atoms with Crippen LogP contribution in [0.3, 0.4) is 0 Å². The van der Waals surface area contributed by atoms with E-state index < -0.39 is 6.10 Å². The van der Waals surface area contributed by atoms with Crippen LogP contribution in [0.4, 0.5) is 5.13 Å². The van der Waals surface area contributed by atoms with E-state index in [1.165, 1.54) is 11.3 Å². The number of rotatable bonds is 7. The number of ether oxygens (including phenoxy) is 1. The summed E-state index contributed by atoms with van der Waals surface area (Å²) in [5.41, 5.74) is 2.18. The van der Waals surface area contributed by atoms with Gasteiger partial charge in [-0.2, -0.15) is 0 Å². The Morgan fingerprint density at radius 3 is 2.87 bits per heavy atom. The van der Waals surface area contributed by atoms with Gasteiger partial charge in [0.25, 0.3) is 5.91 Å². The molecule has 0 radical (unpaired) electrons. The Balaban J connectivity index is 1.93. The van der Waals surface area contributed by atoms with Crippen molar-refractivity contribution in [3.8, 4) is 5.75 Å². The molecule has 1 N–H and O–H groups in total. The van der Waals surface area contributed by atoms with E-state index in [2.05, 4.69) is 22.4 Å². The molecule has 1 atom stereocenters. The van der Waals surface area contributed by atoms with Crippen LogP contribution >= 0.6 is 23.1 Å². The Bertz CT molecular complexity index is 673. The van der Waals surface area contributed by atoms with E-state index in [4.69, 9.17) is 4.74 Å². The number of carbonyl (C=O) groups excluding carboxylic acids is 1. The number of carbonyl (C=O) groups is 1. The summed E-state index contributed by atoms with van der Waals surface area (Å²) in [7, 11) is 0. The topological polar surface area (TPSA) is 64.1 Å². The zero-order valence-electron chi connectivity index (χ0n) is 13.8. The maximum absolute atomic E-state index is 12.2. The maximum Gasteiger partial charge on any atom is 0.266 e. The third-order valence-corrected chi connectivity index (χ3v) is 5.25. The standard InChI is InChI=1S/C16H21N3O2S2/c1-5-8-22-16-19-18-15(23-16)17-14(20)12(4)21-13-7-6-10(2)9-11(13)3/h6-7,9,12H,5,8H2,1-4H3,(H,17,18,20). The maximum atomic E-state index is 12.2. The lowest BCUT2D eigenvalue weighted by Crippen LogP contribution is -2.30. The summed E-state index contributed by atoms with van der Waals surface area (Å²) in [6, 6.07) is 5.88. The third kappa shape index (κ3) is 5.21. The Labute approximate surface area is 144 Å². The average Bonchev–Trinajstić information content (AvgIpc) is 2.95. The highest BCUT2D eigenvalue weighted by Crippen LogP contribution is 2.26. The summed E-state index contributed by atoms with van der Waals surface area (Å²) in [6.45, 7) is 7.83. The zero-order chi connectivity index (χ0) is 16.8. The van der Waals surface area contributed by atoms with Gasteiger partial charge >= 0.3 is 0 Å². The molecule has 0 aliphatic carbocycles. The van der Waals surface area contributed by atoms with Crippen molar-refractivity contribution in [2.45, 2.75) is 44.6 Å². The van der Waals surface area contributed by atoms with Crippen molar-refractivity contribution >= 4 is 34.1 Å². The Morgan fingerprint density at radius 1 is 1.39 bits per heavy atom. The van der Waals surface area contributed by atoms with Gasteiger partial charge in [0, 0.05) is 5.75 Å². The second kappa shape index (κ2) is 8.31. The molecule has 124 valence electrons. The quantitative estimate of drug-likeness (QED) is 0.602. The second-order valence-corrected chi connectivity index (χ2v) is 7.56. The first-order chi connectivity index (χ1) is 11.0. The van der Waals surface area contributed by atoms with Gasteiger partial charge < -0.3 is 4.74 Å². The molecule has 2 aromatic rings. The molecule has 2 rings (SSSR count). The molecular weight excluding hydrogens is 330 g/mol. The number of nitrogens with one attached hydrogen (secondary N) is 1. The molecule has 0 aliphatic heterocycles. The van der Waals surface area contributed by atoms with E-state index in [1.54, 1.807) is 18.7 Å². The van der Waals surface area contributed by atoms with Crippen LogP contribution in [0.1, 0.15) is 31.4 Å². The minimum Gasteiger partial charge on any atom is -0.481 e. The number of amides is 1. The third-order valence-electron chi connectivity index (χ3n) is 3.07. The molecule has 5 nitrogen and oxygen atoms in total. The van der Waals surface area contributed by atoms with Crippen molar-refractivity contribution in [2.75, 3.05) is 11.1 Å². The predicted molar refractivity (Wildman–Crippen MR) is 95.6 cm³/mol. The molecule has 1 heterocycles. The number of nitrogens with zero attached hydrogens (tertiary/aromatic N) is 2. The van der Waals surface area contributed by atoms with Crippen LogP contribution in [0, 0.1) is 13.8 Å². The van der Waals surface area contributed by atoms with Gasteiger partial charge in [0.05, 0.1) is 0 Å². The van der Waals surface area contributed by atoms with Crippen molar-refractivity contribution in [3.05, 3.63) is 29.3 Å². The van der Waals surface area contributed by atoms with Gasteiger partial charge in [0.15, 0.2) is 10.4 Å². The van der Waals surface area contributed by atoms with Gasteiger partial charge in [-0.15, -0.1) is 10.2 Å². The number of thioether (sulfide) groups is 1. The van der Waals surface area contributed by atoms with Gasteiger partial charge in [-0.1, -0.05) is 47.7 Å². The highest BCUT2D eigenvalue weighted by Gasteiger charge is 2.17. The summed E-state index contributed by atoms with van der Waals surface area (Å²) in [5.74, 6) is 1.48. The largest absolute Gasteiger partial charge is 0.481 e. The number of anilines is 1. The van der Waals surface area contributed by atoms with Gasteiger partial charge in [0.2, 0.25) is 5.13 Å². The molecule has 1 unspecified atom stereocenters. The summed E-state index contributed by atoms with van der Waals surface area (Å²) in [6.07, 6.45) is 0.472. The van der Waals surface area contributed by atoms with Crippen LogP contribution in [0.2, 0.25) is 0 Å². The molecular formula is C16H21N3O2S2. The SMILES string of the molecule is CCCSc1nnc(NC(=O)C(C)Oc2ccc(C)cc2C)s1. The molecule has 0 saturated carbocycles. The summed E-state index contributed by atoms with van der Waals surface area (Å²) >= 11 is 3.03. The highest BCUT2D eigenvalue weighted by molar-refractivity contribution is 8.01. The van der Waals surface area contributed by atoms with Gasteiger partial charge in [-0.05, 0) is 38.8 Å². The van der Waals surface area contributed by atoms with Crippen LogP contribution in [0.15, 0.2) is 22.5 Å². The highest BCUT2D eigenvalue weighted by atomic mass is 32.2. The molecule has 7 heteroatoms. The van der Waals surface area contributed by atoms with Crippen LogP contribution in [-0.4, -0.2) is 28.0 Å². The number of hydrogen-bond donors (Lipinski definition) is 1. The minimum atomic E-state index is -0.605. The Hall–Kier alpha value is -1.60. The van der Waals surface area contributed by atoms with E-state index in [1.807, 2.05) is 32.0 Å². The summed E-state index contributed by atoms with van der Waals surface area (Å²) in [4.78, 5) is 12.2. The average molecular weight is 351 g/mol. The van der Waals surface area contributed by atoms with Crippen molar-refractivity contribution in [1.29, 1.82) is 0 Å². The van der Waals surface area contributed by atoms with Crippen molar-refractivity contribution in [3.63, 3.8) is 0 Å². The van der Waals surface area contributed by atoms with E-state index in [0.717, 1.165) is 33.4 Å². The lowest BCUT2D eigenvalue weighted by atomic mass is 10.1. The lowest BCUT2D eigenvalue weighted by molar-refractivity contribution is -0.122. The fourth-order valence-corrected chi connectivity index (χ4v) is 3.57. The van der Waals surface area contributed by atoms with Crippen LogP contribution in [-0.2, 0) is 4.79 Å². The first kappa shape index (κ1) is 17.7. The Morgan fingerprint density at radius 2 is 2.17 bits per heavy atom. The number of aromatic nitrogens is 2. The van der Waals surface area contributed by atoms with Gasteiger partial charge in [-0.3, -0.25) is 10.1 Å². The van der Waals surface area contributed by atoms with Gasteiger partial charge in [0.1, 0.15) is 5.75 Å². The second-order valence-electron chi connectivity index (χ2n) is 5.24. The summed E-state index contributed by atoms with van der Waals surface area (Å²) < 4.78 is 6.61. The summed E-state index contributed by atoms with van der Waals surface area (Å²) in [5, 5.41) is 11.3. The Kier molecular flexibility index (Phi) is 6.41. The smallest absolute Gasteiger partial charge is 0.266 e. The van der Waals surface area contributed by atoms with E-state index in [9.17, 15) is 4.79 Å². The normalized spacial score (nSPS) is 12.0. The first-order valence-electron chi connectivity index (χ1n) is 7.50. The molecule has 0 fully saturated rings. The van der Waals surface area contributed by atoms with E-state index in [0.29, 0.717) is 5.13 Å². The van der Waals surface area contributed by atoms with Gasteiger partial charge in [-0.25, -0.2) is 0 Å². The van der Waals surface area contributed by atoms with Crippen molar-refractivity contribution in [1.82, 2.24) is 10.2 Å². The number of benzene rings is 1. The van der Waals surface area contributed by atoms with Crippen LogP contribution in [0.5, 0.6) is 5.75 Å². The van der Waals surface area contributed by atoms with Crippen LogP contribution in [0.25, 0.3) is 0 Å². The molecule has 0 aliphatic rings. The molecule has 1 aromatic carbocycles. The predicted octanol–water partition coefficient (Wildman–Crippen LogP) is 4.06. The van der Waals surface area contributed by atoms with Crippen LogP contribution < -0.4 is 10.1 Å². The first-order valence-corrected chi connectivity index (χ1v) is 9.31. The minimum absolute atomic E-state index is 0.229. The zero-order valence-corrected chi connectivity index (χ0v) is 15.4. The molecule has 23 heavy (non-hydrogen) atoms. The van der Waals surface area contributed by atoms with Crippen molar-refractivity contribution in [2.24, 2.45) is 0 Å². The fraction of sp³-hybridized carbons (Fsp3) is 0.438. The van der Waals surface area contributed by atoms with Crippen molar-refractivity contribution < 1.29 is 9.53 Å². The fourth-order valence-electron chi connectivity index (χ4n) is 1.89. The molecule has 0 saturated heterocycles. The lowest BCUT2D eigenvalue weighted by Gasteiger charge is -2.15. The molecule has 0 spiro atoms. The number of aryl methyl sites for hydroxylation is 2. The molecule has 1 amide bonds. The molecule has 0 bridgehead atoms. The van der Waals surface area contributed by atoms with E-state index >= 15 is 0 Å².